The SMILES string of the molecule is CC(Sc1nnn[nH]1)C1=C(C(=O)O)N2C(=O)[C@@H](NC(=O)C(=NOP(C)(C)=O)c3csc(N)n3)[C@@H]2SC1. The minimum absolute atomic E-state index is 0.0875. The number of anilines is 1. The molecule has 36 heavy (non-hydrogen) atoms. The molecule has 15 nitrogen and oxygen atoms in total. The first-order valence-electron chi connectivity index (χ1n) is 10.1. The average molecular weight is 574 g/mol. The second-order valence-corrected chi connectivity index (χ2v) is 13.8. The van der Waals surface area contributed by atoms with E-state index in [1.54, 1.807) is 6.92 Å². The Morgan fingerprint density at radius 3 is 2.81 bits per heavy atom. The molecule has 2 aliphatic rings. The normalized spacial score (nSPS) is 21.0. The summed E-state index contributed by atoms with van der Waals surface area (Å²) in [4.78, 5) is 43.3. The number of nitrogens with zero attached hydrogens (tertiary/aromatic N) is 6. The van der Waals surface area contributed by atoms with Gasteiger partial charge in [-0.15, -0.1) is 28.2 Å². The van der Waals surface area contributed by atoms with Crippen molar-refractivity contribution in [2.75, 3.05) is 24.8 Å². The zero-order valence-electron chi connectivity index (χ0n) is 18.9. The Balaban J connectivity index is 1.54. The third kappa shape index (κ3) is 5.40. The third-order valence-electron chi connectivity index (χ3n) is 4.90. The van der Waals surface area contributed by atoms with E-state index in [2.05, 4.69) is 36.1 Å². The van der Waals surface area contributed by atoms with Gasteiger partial charge in [0.15, 0.2) is 10.8 Å². The molecule has 1 fully saturated rings. The smallest absolute Gasteiger partial charge is 0.352 e. The van der Waals surface area contributed by atoms with Crippen LogP contribution < -0.4 is 11.1 Å². The van der Waals surface area contributed by atoms with E-state index in [0.29, 0.717) is 16.5 Å². The van der Waals surface area contributed by atoms with Crippen molar-refractivity contribution in [3.05, 3.63) is 22.3 Å². The van der Waals surface area contributed by atoms with E-state index < -0.39 is 36.6 Å². The number of amides is 2. The molecule has 0 radical (unpaired) electrons. The van der Waals surface area contributed by atoms with E-state index in [0.717, 1.165) is 16.2 Å². The molecule has 5 N–H and O–H groups in total. The summed E-state index contributed by atoms with van der Waals surface area (Å²) >= 11 is 3.60. The predicted molar refractivity (Wildman–Crippen MR) is 133 cm³/mol. The van der Waals surface area contributed by atoms with Crippen molar-refractivity contribution in [1.82, 2.24) is 35.8 Å². The Bertz CT molecular complexity index is 1310. The number of aromatic nitrogens is 5. The molecule has 2 amide bonds. The number of carboxylic acid groups (broad SMARTS) is 1. The van der Waals surface area contributed by atoms with Crippen molar-refractivity contribution in [2.45, 2.75) is 28.7 Å². The summed E-state index contributed by atoms with van der Waals surface area (Å²) in [6.07, 6.45) is 0. The molecular formula is C17H20N9O6PS3. The summed E-state index contributed by atoms with van der Waals surface area (Å²) in [6.45, 7) is 4.43. The summed E-state index contributed by atoms with van der Waals surface area (Å²) in [6, 6.07) is -1.02. The predicted octanol–water partition coefficient (Wildman–Crippen LogP) is 0.416. The Kier molecular flexibility index (Phi) is 7.40. The monoisotopic (exact) mass is 573 g/mol. The van der Waals surface area contributed by atoms with Crippen LogP contribution in [0.2, 0.25) is 0 Å². The molecule has 0 aliphatic carbocycles. The molecule has 2 aromatic rings. The van der Waals surface area contributed by atoms with E-state index in [1.807, 2.05) is 0 Å². The maximum Gasteiger partial charge on any atom is 0.352 e. The number of nitrogen functional groups attached to an aromatic ring is 1. The van der Waals surface area contributed by atoms with Gasteiger partial charge in [-0.3, -0.25) is 19.1 Å². The summed E-state index contributed by atoms with van der Waals surface area (Å²) in [5.41, 5.74) is 5.83. The lowest BCUT2D eigenvalue weighted by Gasteiger charge is -2.49. The fourth-order valence-corrected chi connectivity index (χ4v) is 6.60. The molecule has 4 rings (SSSR count). The number of thiazole rings is 1. The molecular weight excluding hydrogens is 553 g/mol. The highest BCUT2D eigenvalue weighted by Gasteiger charge is 2.55. The maximum absolute atomic E-state index is 13.0. The molecule has 0 aromatic carbocycles. The van der Waals surface area contributed by atoms with Crippen molar-refractivity contribution < 1.29 is 28.7 Å². The number of aliphatic carboxylic acids is 1. The van der Waals surface area contributed by atoms with Crippen LogP contribution in [0.5, 0.6) is 0 Å². The number of carboxylic acids is 1. The lowest BCUT2D eigenvalue weighted by Crippen LogP contribution is -2.71. The van der Waals surface area contributed by atoms with Crippen LogP contribution in [-0.4, -0.2) is 94.9 Å². The number of thioether (sulfide) groups is 2. The minimum Gasteiger partial charge on any atom is -0.477 e. The van der Waals surface area contributed by atoms with E-state index in [9.17, 15) is 24.1 Å². The summed E-state index contributed by atoms with van der Waals surface area (Å²) < 4.78 is 16.9. The van der Waals surface area contributed by atoms with Gasteiger partial charge in [-0.2, -0.15) is 0 Å². The zero-order chi connectivity index (χ0) is 26.2. The van der Waals surface area contributed by atoms with Gasteiger partial charge in [0, 0.05) is 29.7 Å². The topological polar surface area (TPSA) is 219 Å². The van der Waals surface area contributed by atoms with Crippen LogP contribution >= 0.6 is 42.2 Å². The van der Waals surface area contributed by atoms with Crippen molar-refractivity contribution in [3.63, 3.8) is 0 Å². The number of oxime groups is 1. The van der Waals surface area contributed by atoms with Crippen LogP contribution in [0.15, 0.2) is 27.0 Å². The largest absolute Gasteiger partial charge is 0.477 e. The number of nitrogens with two attached hydrogens (primary N) is 1. The molecule has 2 aliphatic heterocycles. The first kappa shape index (κ1) is 26.1. The van der Waals surface area contributed by atoms with Crippen LogP contribution in [0, 0.1) is 0 Å². The first-order valence-corrected chi connectivity index (χ1v) is 15.4. The maximum atomic E-state index is 13.0. The first-order chi connectivity index (χ1) is 17.0. The highest BCUT2D eigenvalue weighted by molar-refractivity contribution is 8.01. The number of fused-ring (bicyclic) bond motifs is 1. The molecule has 19 heteroatoms. The minimum atomic E-state index is -3.08. The van der Waals surface area contributed by atoms with Crippen molar-refractivity contribution in [3.8, 4) is 0 Å². The van der Waals surface area contributed by atoms with Crippen LogP contribution in [0.4, 0.5) is 5.13 Å². The summed E-state index contributed by atoms with van der Waals surface area (Å²) in [7, 11) is -3.08. The highest BCUT2D eigenvalue weighted by Crippen LogP contribution is 2.43. The lowest BCUT2D eigenvalue weighted by molar-refractivity contribution is -0.150. The van der Waals surface area contributed by atoms with Crippen LogP contribution in [0.3, 0.4) is 0 Å². The zero-order valence-corrected chi connectivity index (χ0v) is 22.3. The van der Waals surface area contributed by atoms with Crippen molar-refractivity contribution in [1.29, 1.82) is 0 Å². The molecule has 0 saturated carbocycles. The van der Waals surface area contributed by atoms with Crippen molar-refractivity contribution >= 4 is 70.9 Å². The van der Waals surface area contributed by atoms with Gasteiger partial charge in [0.25, 0.3) is 19.2 Å². The van der Waals surface area contributed by atoms with Gasteiger partial charge in [0.1, 0.15) is 22.8 Å². The number of tetrazole rings is 1. The molecule has 0 bridgehead atoms. The Hall–Kier alpha value is -2.95. The molecule has 2 aromatic heterocycles. The van der Waals surface area contributed by atoms with Crippen LogP contribution in [0.25, 0.3) is 0 Å². The average Bonchev–Trinajstić information content (AvgIpc) is 3.47. The van der Waals surface area contributed by atoms with Crippen LogP contribution in [0.1, 0.15) is 12.6 Å². The highest BCUT2D eigenvalue weighted by atomic mass is 32.2. The van der Waals surface area contributed by atoms with Gasteiger partial charge in [0.05, 0.1) is 0 Å². The Labute approximate surface area is 216 Å². The van der Waals surface area contributed by atoms with E-state index >= 15 is 0 Å². The standard InChI is InChI=1S/C17H20N9O6PS3/c1-6(36-17-21-24-25-22-17)7-4-34-14-10(13(28)26(14)11(7)15(29)30)20-12(27)9(23-32-33(2,3)31)8-5-35-16(18)19-8/h5-6,10,14H,4H2,1-3H3,(H2,18,19)(H,20,27)(H,29,30)(H,21,22,24,25)/t6?,10-,14+/m1/s1. The Morgan fingerprint density at radius 1 is 1.47 bits per heavy atom. The fraction of sp³-hybridized carbons (Fsp3) is 0.412. The summed E-state index contributed by atoms with van der Waals surface area (Å²) in [5.74, 6) is -2.35. The third-order valence-corrected chi connectivity index (χ3v) is 8.39. The quantitative estimate of drug-likeness (QED) is 0.105. The molecule has 1 unspecified atom stereocenters. The molecule has 192 valence electrons. The number of hydrogen-bond acceptors (Lipinski definition) is 14. The number of carbonyl (C=O) groups is 3. The number of carbonyl (C=O) groups excluding carboxylic acids is 2. The van der Waals surface area contributed by atoms with Crippen LogP contribution in [-0.2, 0) is 23.6 Å². The number of aromatic amines is 1. The van der Waals surface area contributed by atoms with Gasteiger partial charge < -0.3 is 20.8 Å². The van der Waals surface area contributed by atoms with Gasteiger partial charge in [-0.05, 0) is 22.9 Å². The van der Waals surface area contributed by atoms with E-state index in [1.165, 1.54) is 42.2 Å². The van der Waals surface area contributed by atoms with E-state index in [-0.39, 0.29) is 27.5 Å². The molecule has 0 spiro atoms. The molecule has 4 heterocycles. The number of hydrogen-bond donors (Lipinski definition) is 4. The number of nitrogens with one attached hydrogen (secondary N) is 2. The molecule has 3 atom stereocenters. The number of rotatable bonds is 9. The summed E-state index contributed by atoms with van der Waals surface area (Å²) in [5, 5.41) is 30.6. The van der Waals surface area contributed by atoms with Gasteiger partial charge in [0.2, 0.25) is 5.16 Å². The lowest BCUT2D eigenvalue weighted by atomic mass is 10.0. The van der Waals surface area contributed by atoms with Gasteiger partial charge >= 0.3 is 5.97 Å². The fourth-order valence-electron chi connectivity index (χ4n) is 3.34. The van der Waals surface area contributed by atoms with E-state index in [4.69, 9.17) is 10.4 Å². The molecule has 1 saturated heterocycles. The number of H-pyrrole nitrogens is 1. The van der Waals surface area contributed by atoms with Gasteiger partial charge in [-0.1, -0.05) is 16.9 Å². The second kappa shape index (κ2) is 10.2. The van der Waals surface area contributed by atoms with Crippen molar-refractivity contribution in [2.24, 2.45) is 5.16 Å². The number of β-lactam (4-membered cyclic amide) rings is 1. The second-order valence-electron chi connectivity index (χ2n) is 7.85. The Morgan fingerprint density at radius 2 is 2.22 bits per heavy atom. The van der Waals surface area contributed by atoms with Gasteiger partial charge in [-0.25, -0.2) is 14.9 Å².